The first-order chi connectivity index (χ1) is 7.16. The SMILES string of the molecule is CN(CCOCCO)CC1(C)CCNC1.Cl. The highest BCUT2D eigenvalue weighted by atomic mass is 35.5. The van der Waals surface area contributed by atoms with Crippen LogP contribution in [0, 0.1) is 5.41 Å². The van der Waals surface area contributed by atoms with E-state index in [0.29, 0.717) is 18.6 Å². The largest absolute Gasteiger partial charge is 0.394 e. The van der Waals surface area contributed by atoms with Crippen molar-refractivity contribution >= 4 is 12.4 Å². The fraction of sp³-hybridized carbons (Fsp3) is 1.00. The highest BCUT2D eigenvalue weighted by Gasteiger charge is 2.29. The number of hydrogen-bond donors (Lipinski definition) is 2. The van der Waals surface area contributed by atoms with Crippen LogP contribution >= 0.6 is 12.4 Å². The molecule has 1 unspecified atom stereocenters. The molecule has 0 bridgehead atoms. The summed E-state index contributed by atoms with van der Waals surface area (Å²) in [5, 5.41) is 12.0. The summed E-state index contributed by atoms with van der Waals surface area (Å²) in [6.07, 6.45) is 1.26. The number of rotatable bonds is 7. The normalized spacial score (nSPS) is 24.8. The molecule has 0 aromatic heterocycles. The van der Waals surface area contributed by atoms with E-state index in [1.54, 1.807) is 0 Å². The number of likely N-dealkylation sites (N-methyl/N-ethyl adjacent to an activating group) is 1. The summed E-state index contributed by atoms with van der Waals surface area (Å²) in [6.45, 7) is 7.93. The van der Waals surface area contributed by atoms with Gasteiger partial charge in [0.05, 0.1) is 19.8 Å². The second-order valence-corrected chi connectivity index (χ2v) is 4.81. The summed E-state index contributed by atoms with van der Waals surface area (Å²) in [4.78, 5) is 2.31. The molecule has 5 heteroatoms. The molecular weight excluding hydrogens is 228 g/mol. The van der Waals surface area contributed by atoms with Crippen molar-refractivity contribution in [2.75, 3.05) is 53.0 Å². The van der Waals surface area contributed by atoms with Gasteiger partial charge in [-0.25, -0.2) is 0 Å². The summed E-state index contributed by atoms with van der Waals surface area (Å²) in [5.41, 5.74) is 0.422. The molecule has 1 atom stereocenters. The number of aliphatic hydroxyl groups is 1. The van der Waals surface area contributed by atoms with Gasteiger partial charge in [-0.1, -0.05) is 6.92 Å². The summed E-state index contributed by atoms with van der Waals surface area (Å²) >= 11 is 0. The molecule has 0 aliphatic carbocycles. The van der Waals surface area contributed by atoms with Crippen molar-refractivity contribution in [1.82, 2.24) is 10.2 Å². The zero-order valence-corrected chi connectivity index (χ0v) is 11.2. The molecule has 0 radical (unpaired) electrons. The van der Waals surface area contributed by atoms with Gasteiger partial charge in [-0.3, -0.25) is 0 Å². The van der Waals surface area contributed by atoms with Crippen LogP contribution in [-0.4, -0.2) is 63.1 Å². The molecule has 1 aliphatic heterocycles. The Labute approximate surface area is 105 Å². The molecule has 0 aromatic rings. The molecule has 0 spiro atoms. The van der Waals surface area contributed by atoms with Crippen molar-refractivity contribution < 1.29 is 9.84 Å². The van der Waals surface area contributed by atoms with E-state index in [9.17, 15) is 0 Å². The second kappa shape index (κ2) is 8.25. The van der Waals surface area contributed by atoms with Crippen LogP contribution in [0.25, 0.3) is 0 Å². The first-order valence-corrected chi connectivity index (χ1v) is 5.74. The van der Waals surface area contributed by atoms with Crippen molar-refractivity contribution in [3.05, 3.63) is 0 Å². The summed E-state index contributed by atoms with van der Waals surface area (Å²) in [7, 11) is 2.13. The van der Waals surface area contributed by atoms with Crippen LogP contribution in [0.2, 0.25) is 0 Å². The predicted octanol–water partition coefficient (Wildman–Crippen LogP) is 0.348. The van der Waals surface area contributed by atoms with Crippen molar-refractivity contribution in [2.45, 2.75) is 13.3 Å². The van der Waals surface area contributed by atoms with E-state index < -0.39 is 0 Å². The summed E-state index contributed by atoms with van der Waals surface area (Å²) in [5.74, 6) is 0. The Morgan fingerprint density at radius 3 is 2.75 bits per heavy atom. The number of aliphatic hydroxyl groups excluding tert-OH is 1. The van der Waals surface area contributed by atoms with Crippen LogP contribution < -0.4 is 5.32 Å². The van der Waals surface area contributed by atoms with Gasteiger partial charge in [0, 0.05) is 19.6 Å². The molecule has 0 saturated carbocycles. The van der Waals surface area contributed by atoms with Gasteiger partial charge >= 0.3 is 0 Å². The van der Waals surface area contributed by atoms with Crippen molar-refractivity contribution in [2.24, 2.45) is 5.41 Å². The van der Waals surface area contributed by atoms with E-state index in [-0.39, 0.29) is 19.0 Å². The molecule has 16 heavy (non-hydrogen) atoms. The lowest BCUT2D eigenvalue weighted by atomic mass is 9.89. The Morgan fingerprint density at radius 1 is 1.44 bits per heavy atom. The highest BCUT2D eigenvalue weighted by molar-refractivity contribution is 5.85. The van der Waals surface area contributed by atoms with Gasteiger partial charge in [-0.05, 0) is 25.4 Å². The first kappa shape index (κ1) is 16.1. The minimum absolute atomic E-state index is 0. The molecule has 1 rings (SSSR count). The number of hydrogen-bond acceptors (Lipinski definition) is 4. The fourth-order valence-corrected chi connectivity index (χ4v) is 2.12. The lowest BCUT2D eigenvalue weighted by Crippen LogP contribution is -2.36. The second-order valence-electron chi connectivity index (χ2n) is 4.81. The van der Waals surface area contributed by atoms with Gasteiger partial charge < -0.3 is 20.1 Å². The monoisotopic (exact) mass is 252 g/mol. The maximum Gasteiger partial charge on any atom is 0.0698 e. The van der Waals surface area contributed by atoms with Crippen LogP contribution in [0.1, 0.15) is 13.3 Å². The molecule has 1 aliphatic rings. The Kier molecular flexibility index (Phi) is 8.32. The highest BCUT2D eigenvalue weighted by Crippen LogP contribution is 2.24. The Bertz CT molecular complexity index is 175. The topological polar surface area (TPSA) is 44.7 Å². The summed E-state index contributed by atoms with van der Waals surface area (Å²) in [6, 6.07) is 0. The van der Waals surface area contributed by atoms with E-state index >= 15 is 0 Å². The van der Waals surface area contributed by atoms with Crippen LogP contribution in [0.3, 0.4) is 0 Å². The predicted molar refractivity (Wildman–Crippen MR) is 68.2 cm³/mol. The van der Waals surface area contributed by atoms with Gasteiger partial charge in [0.1, 0.15) is 0 Å². The zero-order valence-electron chi connectivity index (χ0n) is 10.4. The zero-order chi connectivity index (χ0) is 11.1. The number of nitrogens with zero attached hydrogens (tertiary/aromatic N) is 1. The first-order valence-electron chi connectivity index (χ1n) is 5.74. The Balaban J connectivity index is 0.00000225. The van der Waals surface area contributed by atoms with E-state index in [2.05, 4.69) is 24.2 Å². The smallest absolute Gasteiger partial charge is 0.0698 e. The lowest BCUT2D eigenvalue weighted by Gasteiger charge is -2.29. The lowest BCUT2D eigenvalue weighted by molar-refractivity contribution is 0.0713. The van der Waals surface area contributed by atoms with Crippen molar-refractivity contribution in [1.29, 1.82) is 0 Å². The Morgan fingerprint density at radius 2 is 2.19 bits per heavy atom. The third-order valence-corrected chi connectivity index (χ3v) is 2.96. The van der Waals surface area contributed by atoms with Crippen LogP contribution in [0.15, 0.2) is 0 Å². The Hall–Kier alpha value is 0.130. The quantitative estimate of drug-likeness (QED) is 0.642. The van der Waals surface area contributed by atoms with Crippen LogP contribution in [-0.2, 0) is 4.74 Å². The van der Waals surface area contributed by atoms with Gasteiger partial charge in [0.2, 0.25) is 0 Å². The number of nitrogens with one attached hydrogen (secondary N) is 1. The van der Waals surface area contributed by atoms with Crippen molar-refractivity contribution in [3.63, 3.8) is 0 Å². The molecule has 1 heterocycles. The van der Waals surface area contributed by atoms with E-state index in [4.69, 9.17) is 9.84 Å². The van der Waals surface area contributed by atoms with E-state index in [1.165, 1.54) is 6.42 Å². The van der Waals surface area contributed by atoms with Gasteiger partial charge in [0.15, 0.2) is 0 Å². The standard InChI is InChI=1S/C11H24N2O2.ClH/c1-11(3-4-12-9-11)10-13(2)5-7-15-8-6-14;/h12,14H,3-10H2,1-2H3;1H. The molecule has 0 amide bonds. The minimum Gasteiger partial charge on any atom is -0.394 e. The van der Waals surface area contributed by atoms with Crippen LogP contribution in [0.4, 0.5) is 0 Å². The van der Waals surface area contributed by atoms with Gasteiger partial charge in [-0.15, -0.1) is 12.4 Å². The van der Waals surface area contributed by atoms with E-state index in [1.807, 2.05) is 0 Å². The number of ether oxygens (including phenoxy) is 1. The third-order valence-electron chi connectivity index (χ3n) is 2.96. The maximum atomic E-state index is 8.56. The molecule has 0 aromatic carbocycles. The maximum absolute atomic E-state index is 8.56. The minimum atomic E-state index is 0. The van der Waals surface area contributed by atoms with Gasteiger partial charge in [0.25, 0.3) is 0 Å². The van der Waals surface area contributed by atoms with Crippen molar-refractivity contribution in [3.8, 4) is 0 Å². The third kappa shape index (κ3) is 6.01. The average Bonchev–Trinajstić information content (AvgIpc) is 2.59. The summed E-state index contributed by atoms with van der Waals surface area (Å²) < 4.78 is 5.24. The average molecular weight is 253 g/mol. The van der Waals surface area contributed by atoms with Crippen LogP contribution in [0.5, 0.6) is 0 Å². The van der Waals surface area contributed by atoms with E-state index in [0.717, 1.165) is 26.2 Å². The molecule has 1 fully saturated rings. The molecule has 1 saturated heterocycles. The number of halogens is 1. The molecule has 4 nitrogen and oxygen atoms in total. The molecular formula is C11H25ClN2O2. The molecule has 98 valence electrons. The van der Waals surface area contributed by atoms with Gasteiger partial charge in [-0.2, -0.15) is 0 Å². The molecule has 2 N–H and O–H groups in total. The fourth-order valence-electron chi connectivity index (χ4n) is 2.12.